The number of benzene rings is 1. The number of ether oxygens (including phenoxy) is 1. The number of hydrogen-bond acceptors (Lipinski definition) is 1. The fraction of sp³-hybridized carbons (Fsp3) is 0.538. The highest BCUT2D eigenvalue weighted by molar-refractivity contribution is 5.41. The van der Waals surface area contributed by atoms with Crippen molar-refractivity contribution >= 4 is 0 Å². The topological polar surface area (TPSA) is 9.23 Å². The SMILES string of the molecule is CCC.Cc1ccc2c(c1)OCCC2(F)F. The third kappa shape index (κ3) is 2.94. The molecule has 2 rings (SSSR count). The minimum absolute atomic E-state index is 0.0179. The van der Waals surface area contributed by atoms with Crippen LogP contribution >= 0.6 is 0 Å². The van der Waals surface area contributed by atoms with Gasteiger partial charge < -0.3 is 4.74 Å². The van der Waals surface area contributed by atoms with Crippen LogP contribution in [0.5, 0.6) is 5.75 Å². The molecular weight excluding hydrogens is 210 g/mol. The van der Waals surface area contributed by atoms with Gasteiger partial charge in [0, 0.05) is 0 Å². The van der Waals surface area contributed by atoms with Crippen LogP contribution in [0.15, 0.2) is 18.2 Å². The summed E-state index contributed by atoms with van der Waals surface area (Å²) in [5.74, 6) is -2.39. The van der Waals surface area contributed by atoms with E-state index in [0.717, 1.165) is 5.56 Å². The highest BCUT2D eigenvalue weighted by Gasteiger charge is 2.37. The molecule has 0 aromatic heterocycles. The second-order valence-electron chi connectivity index (χ2n) is 4.01. The second-order valence-corrected chi connectivity index (χ2v) is 4.01. The number of aryl methyl sites for hydroxylation is 1. The summed E-state index contributed by atoms with van der Waals surface area (Å²) >= 11 is 0. The lowest BCUT2D eigenvalue weighted by molar-refractivity contribution is -0.0404. The monoisotopic (exact) mass is 228 g/mol. The second kappa shape index (κ2) is 5.28. The Morgan fingerprint density at radius 3 is 2.56 bits per heavy atom. The van der Waals surface area contributed by atoms with Gasteiger partial charge in [0.1, 0.15) is 5.75 Å². The first-order valence-corrected chi connectivity index (χ1v) is 5.63. The van der Waals surface area contributed by atoms with Gasteiger partial charge in [-0.25, -0.2) is 8.78 Å². The summed E-state index contributed by atoms with van der Waals surface area (Å²) in [4.78, 5) is 0. The van der Waals surface area contributed by atoms with Gasteiger partial charge in [-0.05, 0) is 24.6 Å². The van der Waals surface area contributed by atoms with Crippen LogP contribution in [0.4, 0.5) is 8.78 Å². The molecule has 1 nitrogen and oxygen atoms in total. The number of alkyl halides is 2. The highest BCUT2D eigenvalue weighted by atomic mass is 19.3. The van der Waals surface area contributed by atoms with E-state index < -0.39 is 5.92 Å². The van der Waals surface area contributed by atoms with Crippen molar-refractivity contribution in [2.75, 3.05) is 6.61 Å². The van der Waals surface area contributed by atoms with E-state index in [1.807, 2.05) is 6.92 Å². The number of rotatable bonds is 0. The Kier molecular flexibility index (Phi) is 4.27. The number of hydrogen-bond donors (Lipinski definition) is 0. The molecule has 0 amide bonds. The van der Waals surface area contributed by atoms with Crippen LogP contribution in [0.2, 0.25) is 0 Å². The molecule has 3 heteroatoms. The predicted molar refractivity (Wildman–Crippen MR) is 61.2 cm³/mol. The Balaban J connectivity index is 0.000000386. The van der Waals surface area contributed by atoms with Crippen LogP contribution in [0.25, 0.3) is 0 Å². The van der Waals surface area contributed by atoms with Crippen molar-refractivity contribution in [1.29, 1.82) is 0 Å². The molecule has 1 aromatic carbocycles. The zero-order valence-corrected chi connectivity index (χ0v) is 10.0. The average molecular weight is 228 g/mol. The first kappa shape index (κ1) is 12.9. The van der Waals surface area contributed by atoms with Crippen LogP contribution in [0.3, 0.4) is 0 Å². The first-order valence-electron chi connectivity index (χ1n) is 5.63. The number of halogens is 2. The van der Waals surface area contributed by atoms with Crippen LogP contribution < -0.4 is 4.74 Å². The molecule has 0 bridgehead atoms. The molecule has 0 spiro atoms. The van der Waals surface area contributed by atoms with Crippen molar-refractivity contribution in [3.8, 4) is 5.75 Å². The Morgan fingerprint density at radius 2 is 1.94 bits per heavy atom. The highest BCUT2D eigenvalue weighted by Crippen LogP contribution is 2.41. The van der Waals surface area contributed by atoms with Gasteiger partial charge in [-0.2, -0.15) is 0 Å². The van der Waals surface area contributed by atoms with Crippen molar-refractivity contribution in [2.24, 2.45) is 0 Å². The Bertz CT molecular complexity index is 348. The van der Waals surface area contributed by atoms with E-state index in [9.17, 15) is 8.78 Å². The van der Waals surface area contributed by atoms with Crippen molar-refractivity contribution in [2.45, 2.75) is 39.5 Å². The molecule has 0 fully saturated rings. The van der Waals surface area contributed by atoms with E-state index in [1.165, 1.54) is 12.5 Å². The molecule has 16 heavy (non-hydrogen) atoms. The van der Waals surface area contributed by atoms with Gasteiger partial charge in [0.2, 0.25) is 0 Å². The third-order valence-corrected chi connectivity index (χ3v) is 2.20. The molecular formula is C13H18F2O. The lowest BCUT2D eigenvalue weighted by Crippen LogP contribution is -2.23. The normalized spacial score (nSPS) is 16.6. The summed E-state index contributed by atoms with van der Waals surface area (Å²) in [5, 5.41) is 0. The van der Waals surface area contributed by atoms with Gasteiger partial charge >= 0.3 is 0 Å². The molecule has 0 N–H and O–H groups in total. The minimum Gasteiger partial charge on any atom is -0.493 e. The van der Waals surface area contributed by atoms with Crippen LogP contribution in [-0.4, -0.2) is 6.61 Å². The summed E-state index contributed by atoms with van der Waals surface area (Å²) in [7, 11) is 0. The third-order valence-electron chi connectivity index (χ3n) is 2.20. The van der Waals surface area contributed by atoms with Crippen molar-refractivity contribution < 1.29 is 13.5 Å². The van der Waals surface area contributed by atoms with E-state index in [1.54, 1.807) is 12.1 Å². The minimum atomic E-state index is -2.72. The molecule has 0 radical (unpaired) electrons. The van der Waals surface area contributed by atoms with Crippen LogP contribution in [-0.2, 0) is 5.92 Å². The Hall–Kier alpha value is -1.12. The molecule has 1 aliphatic heterocycles. The van der Waals surface area contributed by atoms with Gasteiger partial charge in [-0.1, -0.05) is 26.3 Å². The maximum absolute atomic E-state index is 13.2. The Labute approximate surface area is 95.4 Å². The average Bonchev–Trinajstić information content (AvgIpc) is 2.17. The summed E-state index contributed by atoms with van der Waals surface area (Å²) in [6.45, 7) is 6.21. The molecule has 0 aliphatic carbocycles. The van der Waals surface area contributed by atoms with Gasteiger partial charge in [0.15, 0.2) is 0 Å². The maximum Gasteiger partial charge on any atom is 0.280 e. The van der Waals surface area contributed by atoms with E-state index in [-0.39, 0.29) is 18.6 Å². The quantitative estimate of drug-likeness (QED) is 0.643. The summed E-state index contributed by atoms with van der Waals surface area (Å²) in [6.07, 6.45) is 1.03. The van der Waals surface area contributed by atoms with E-state index in [0.29, 0.717) is 5.75 Å². The molecule has 0 atom stereocenters. The fourth-order valence-electron chi connectivity index (χ4n) is 1.47. The largest absolute Gasteiger partial charge is 0.493 e. The van der Waals surface area contributed by atoms with E-state index >= 15 is 0 Å². The zero-order valence-electron chi connectivity index (χ0n) is 10.0. The zero-order chi connectivity index (χ0) is 12.2. The maximum atomic E-state index is 13.2. The van der Waals surface area contributed by atoms with Crippen molar-refractivity contribution in [3.05, 3.63) is 29.3 Å². The molecule has 1 aliphatic rings. The van der Waals surface area contributed by atoms with E-state index in [2.05, 4.69) is 13.8 Å². The fourth-order valence-corrected chi connectivity index (χ4v) is 1.47. The molecule has 1 aromatic rings. The smallest absolute Gasteiger partial charge is 0.280 e. The van der Waals surface area contributed by atoms with Gasteiger partial charge in [0.05, 0.1) is 18.6 Å². The van der Waals surface area contributed by atoms with Crippen LogP contribution in [0, 0.1) is 6.92 Å². The van der Waals surface area contributed by atoms with E-state index in [4.69, 9.17) is 4.74 Å². The standard InChI is InChI=1S/C10H10F2O.C3H8/c1-7-2-3-8-9(6-7)13-5-4-10(8,11)12;1-3-2/h2-3,6H,4-5H2,1H3;3H2,1-2H3. The summed E-state index contributed by atoms with van der Waals surface area (Å²) < 4.78 is 31.7. The first-order chi connectivity index (χ1) is 7.51. The number of fused-ring (bicyclic) bond motifs is 1. The van der Waals surface area contributed by atoms with Gasteiger partial charge in [-0.3, -0.25) is 0 Å². The Morgan fingerprint density at radius 1 is 1.31 bits per heavy atom. The molecule has 0 saturated carbocycles. The molecule has 0 unspecified atom stereocenters. The lowest BCUT2D eigenvalue weighted by Gasteiger charge is -2.25. The molecule has 1 heterocycles. The molecule has 0 saturated heterocycles. The summed E-state index contributed by atoms with van der Waals surface area (Å²) in [6, 6.07) is 4.79. The summed E-state index contributed by atoms with van der Waals surface area (Å²) in [5.41, 5.74) is 0.959. The molecule has 90 valence electrons. The van der Waals surface area contributed by atoms with Crippen molar-refractivity contribution in [3.63, 3.8) is 0 Å². The van der Waals surface area contributed by atoms with Gasteiger partial charge in [0.25, 0.3) is 5.92 Å². The van der Waals surface area contributed by atoms with Crippen LogP contribution in [0.1, 0.15) is 37.8 Å². The van der Waals surface area contributed by atoms with Gasteiger partial charge in [-0.15, -0.1) is 0 Å². The predicted octanol–water partition coefficient (Wildman–Crippen LogP) is 4.29. The lowest BCUT2D eigenvalue weighted by atomic mass is 10.0. The van der Waals surface area contributed by atoms with Crippen molar-refractivity contribution in [1.82, 2.24) is 0 Å².